The number of aromatic nitrogens is 2. The van der Waals surface area contributed by atoms with Gasteiger partial charge in [-0.2, -0.15) is 0 Å². The molecule has 0 aliphatic carbocycles. The molecule has 0 atom stereocenters. The van der Waals surface area contributed by atoms with E-state index in [9.17, 15) is 14.0 Å². The number of carbonyl (C=O) groups excluding carboxylic acids is 1. The van der Waals surface area contributed by atoms with Crippen molar-refractivity contribution in [1.82, 2.24) is 14.9 Å². The number of imidazole rings is 1. The maximum Gasteiger partial charge on any atom is 0.512 e. The molecule has 1 aromatic heterocycles. The number of benzene rings is 1. The van der Waals surface area contributed by atoms with Gasteiger partial charge in [-0.15, -0.1) is 0 Å². The third-order valence-electron chi connectivity index (χ3n) is 2.99. The number of hydrogen-bond donors (Lipinski definition) is 2. The Labute approximate surface area is 121 Å². The molecule has 2 aromatic rings. The Bertz CT molecular complexity index is 774. The molecule has 1 aliphatic rings. The fourth-order valence-electron chi connectivity index (χ4n) is 2.10. The van der Waals surface area contributed by atoms with E-state index in [-0.39, 0.29) is 23.0 Å². The Hall–Kier alpha value is -2.61. The predicted molar refractivity (Wildman–Crippen MR) is 68.4 cm³/mol. The lowest BCUT2D eigenvalue weighted by Gasteiger charge is -2.09. The van der Waals surface area contributed by atoms with Crippen molar-refractivity contribution in [1.29, 1.82) is 0 Å². The lowest BCUT2D eigenvalue weighted by Crippen LogP contribution is -2.22. The number of fused-ring (bicyclic) bond motifs is 3. The van der Waals surface area contributed by atoms with Crippen molar-refractivity contribution < 1.29 is 23.8 Å². The number of carbonyl (C=O) groups is 2. The van der Waals surface area contributed by atoms with Gasteiger partial charge in [-0.1, -0.05) is 11.6 Å². The van der Waals surface area contributed by atoms with Gasteiger partial charge >= 0.3 is 6.16 Å². The summed E-state index contributed by atoms with van der Waals surface area (Å²) in [6.45, 7) is -0.0337. The summed E-state index contributed by atoms with van der Waals surface area (Å²) < 4.78 is 19.5. The van der Waals surface area contributed by atoms with Gasteiger partial charge in [0, 0.05) is 0 Å². The van der Waals surface area contributed by atoms with E-state index in [1.165, 1.54) is 17.0 Å². The van der Waals surface area contributed by atoms with E-state index in [0.717, 1.165) is 6.07 Å². The number of nitrogens with zero attached hydrogens (tertiary/aromatic N) is 2. The summed E-state index contributed by atoms with van der Waals surface area (Å²) in [5, 5.41) is 10.8. The molecule has 7 nitrogen and oxygen atoms in total. The van der Waals surface area contributed by atoms with Crippen LogP contribution in [0.15, 0.2) is 18.5 Å². The zero-order valence-corrected chi connectivity index (χ0v) is 11.0. The van der Waals surface area contributed by atoms with Crippen molar-refractivity contribution in [2.24, 2.45) is 0 Å². The normalized spacial score (nSPS) is 13.0. The highest BCUT2D eigenvalue weighted by Crippen LogP contribution is 2.31. The number of rotatable bonds is 1. The van der Waals surface area contributed by atoms with Crippen molar-refractivity contribution in [3.63, 3.8) is 0 Å². The van der Waals surface area contributed by atoms with Gasteiger partial charge < -0.3 is 15.2 Å². The average molecular weight is 312 g/mol. The molecule has 1 aromatic carbocycles. The van der Waals surface area contributed by atoms with Crippen LogP contribution in [-0.4, -0.2) is 26.7 Å². The number of hydrogen-bond acceptors (Lipinski definition) is 4. The third-order valence-corrected chi connectivity index (χ3v) is 3.36. The van der Waals surface area contributed by atoms with Gasteiger partial charge in [-0.3, -0.25) is 9.36 Å². The van der Waals surface area contributed by atoms with E-state index >= 15 is 0 Å². The molecule has 21 heavy (non-hydrogen) atoms. The molecule has 0 saturated carbocycles. The summed E-state index contributed by atoms with van der Waals surface area (Å²) in [7, 11) is 0. The Morgan fingerprint density at radius 3 is 3.00 bits per heavy atom. The first-order valence-electron chi connectivity index (χ1n) is 5.72. The summed E-state index contributed by atoms with van der Waals surface area (Å²) >= 11 is 5.84. The quantitative estimate of drug-likeness (QED) is 0.785. The van der Waals surface area contributed by atoms with Crippen LogP contribution in [0.2, 0.25) is 5.02 Å². The van der Waals surface area contributed by atoms with Crippen molar-refractivity contribution in [3.8, 4) is 11.6 Å². The summed E-state index contributed by atoms with van der Waals surface area (Å²) in [5.74, 6) is -1.45. The van der Waals surface area contributed by atoms with Crippen LogP contribution in [0.25, 0.3) is 5.69 Å². The summed E-state index contributed by atoms with van der Waals surface area (Å²) in [6.07, 6.45) is -0.245. The average Bonchev–Trinajstić information content (AvgIpc) is 2.74. The number of nitrogens with one attached hydrogen (secondary N) is 1. The van der Waals surface area contributed by atoms with Crippen molar-refractivity contribution in [2.75, 3.05) is 0 Å². The van der Waals surface area contributed by atoms with Crippen LogP contribution in [-0.2, 0) is 6.54 Å². The zero-order valence-electron chi connectivity index (χ0n) is 10.3. The Balaban J connectivity index is 2.22. The van der Waals surface area contributed by atoms with E-state index < -0.39 is 17.9 Å². The topological polar surface area (TPSA) is 93.4 Å². The molecule has 2 heterocycles. The molecule has 0 spiro atoms. The predicted octanol–water partition coefficient (Wildman–Crippen LogP) is 1.96. The van der Waals surface area contributed by atoms with Crippen LogP contribution in [0.5, 0.6) is 5.88 Å². The molecule has 0 saturated heterocycles. The van der Waals surface area contributed by atoms with Gasteiger partial charge in [-0.25, -0.2) is 14.2 Å². The molecule has 0 fully saturated rings. The van der Waals surface area contributed by atoms with Gasteiger partial charge in [0.15, 0.2) is 0 Å². The first kappa shape index (κ1) is 13.4. The van der Waals surface area contributed by atoms with Crippen LogP contribution in [0.3, 0.4) is 0 Å². The molecular weight excluding hydrogens is 305 g/mol. The SMILES string of the molecule is O=C(O)Oc1ncn2c1CNC(=O)c1c-2ccc(F)c1Cl. The Kier molecular flexibility index (Phi) is 3.02. The Morgan fingerprint density at radius 2 is 2.29 bits per heavy atom. The number of ether oxygens (including phenoxy) is 1. The Morgan fingerprint density at radius 1 is 1.52 bits per heavy atom. The summed E-state index contributed by atoms with van der Waals surface area (Å²) in [4.78, 5) is 26.5. The number of halogens is 2. The standard InChI is InChI=1S/C12H7ClFN3O4/c13-9-5(14)1-2-6-8(9)10(18)15-3-7-11(21-12(19)20)16-4-17(6)7/h1-2,4H,3H2,(H,15,18)(H,19,20). The summed E-state index contributed by atoms with van der Waals surface area (Å²) in [5.41, 5.74) is 0.556. The largest absolute Gasteiger partial charge is 0.512 e. The smallest absolute Gasteiger partial charge is 0.449 e. The molecule has 1 aliphatic heterocycles. The molecule has 2 N–H and O–H groups in total. The highest BCUT2D eigenvalue weighted by atomic mass is 35.5. The second-order valence-corrected chi connectivity index (χ2v) is 4.55. The monoisotopic (exact) mass is 311 g/mol. The van der Waals surface area contributed by atoms with Crippen molar-refractivity contribution in [3.05, 3.63) is 40.6 Å². The molecule has 0 unspecified atom stereocenters. The highest BCUT2D eigenvalue weighted by molar-refractivity contribution is 6.34. The van der Waals surface area contributed by atoms with Crippen LogP contribution in [0.4, 0.5) is 9.18 Å². The maximum absolute atomic E-state index is 13.5. The van der Waals surface area contributed by atoms with Crippen LogP contribution in [0.1, 0.15) is 16.1 Å². The van der Waals surface area contributed by atoms with E-state index in [1.807, 2.05) is 0 Å². The first-order chi connectivity index (χ1) is 9.99. The highest BCUT2D eigenvalue weighted by Gasteiger charge is 2.27. The van der Waals surface area contributed by atoms with Gasteiger partial charge in [0.2, 0.25) is 5.88 Å². The van der Waals surface area contributed by atoms with Crippen LogP contribution < -0.4 is 10.1 Å². The molecule has 0 radical (unpaired) electrons. The lowest BCUT2D eigenvalue weighted by atomic mass is 10.1. The van der Waals surface area contributed by atoms with Gasteiger partial charge in [-0.05, 0) is 12.1 Å². The number of carboxylic acid groups (broad SMARTS) is 1. The van der Waals surface area contributed by atoms with E-state index in [1.54, 1.807) is 0 Å². The fourth-order valence-corrected chi connectivity index (χ4v) is 2.35. The minimum Gasteiger partial charge on any atom is -0.449 e. The first-order valence-corrected chi connectivity index (χ1v) is 6.10. The molecular formula is C12H7ClFN3O4. The second kappa shape index (κ2) is 4.74. The van der Waals surface area contributed by atoms with Gasteiger partial charge in [0.25, 0.3) is 5.91 Å². The van der Waals surface area contributed by atoms with Crippen LogP contribution >= 0.6 is 11.6 Å². The minimum atomic E-state index is -1.52. The van der Waals surface area contributed by atoms with E-state index in [2.05, 4.69) is 15.0 Å². The summed E-state index contributed by atoms with van der Waals surface area (Å²) in [6, 6.07) is 2.47. The van der Waals surface area contributed by atoms with Crippen molar-refractivity contribution in [2.45, 2.75) is 6.54 Å². The maximum atomic E-state index is 13.5. The van der Waals surface area contributed by atoms with Gasteiger partial charge in [0.1, 0.15) is 17.8 Å². The molecule has 108 valence electrons. The lowest BCUT2D eigenvalue weighted by molar-refractivity contribution is 0.0952. The minimum absolute atomic E-state index is 0.0337. The molecule has 9 heteroatoms. The zero-order chi connectivity index (χ0) is 15.1. The van der Waals surface area contributed by atoms with E-state index in [0.29, 0.717) is 11.4 Å². The fraction of sp³-hybridized carbons (Fsp3) is 0.0833. The number of amides is 1. The van der Waals surface area contributed by atoms with Crippen molar-refractivity contribution >= 4 is 23.7 Å². The second-order valence-electron chi connectivity index (χ2n) is 4.17. The van der Waals surface area contributed by atoms with Crippen LogP contribution in [0, 0.1) is 5.82 Å². The molecule has 0 bridgehead atoms. The molecule has 1 amide bonds. The third kappa shape index (κ3) is 2.09. The molecule has 3 rings (SSSR count). The van der Waals surface area contributed by atoms with Gasteiger partial charge in [0.05, 0.1) is 22.8 Å². The van der Waals surface area contributed by atoms with E-state index in [4.69, 9.17) is 16.7 Å².